The van der Waals surface area contributed by atoms with E-state index >= 15 is 0 Å². The van der Waals surface area contributed by atoms with Gasteiger partial charge in [0.05, 0.1) is 6.10 Å². The fourth-order valence-corrected chi connectivity index (χ4v) is 3.83. The summed E-state index contributed by atoms with van der Waals surface area (Å²) in [6.45, 7) is 6.70. The molecule has 0 bridgehead atoms. The normalized spacial score (nSPS) is 19.8. The largest absolute Gasteiger partial charge is 0.392 e. The minimum Gasteiger partial charge on any atom is -0.392 e. The van der Waals surface area contributed by atoms with Gasteiger partial charge in [-0.3, -0.25) is 0 Å². The number of hydrogen-bond acceptors (Lipinski definition) is 1. The zero-order valence-electron chi connectivity index (χ0n) is 12.7. The number of aryl methyl sites for hydroxylation is 1. The standard InChI is InChI=1S/C18H28O/c1-14(2)13-18(10-6-7-11-18)17(19)12-16-9-5-4-8-15(16)3/h4-5,8-9,14,17,19H,6-7,10-13H2,1-3H3. The molecule has 106 valence electrons. The third-order valence-electron chi connectivity index (χ3n) is 4.80. The smallest absolute Gasteiger partial charge is 0.0636 e. The highest BCUT2D eigenvalue weighted by Gasteiger charge is 2.40. The van der Waals surface area contributed by atoms with Crippen LogP contribution in [0.15, 0.2) is 24.3 Å². The minimum atomic E-state index is -0.182. The maximum atomic E-state index is 10.8. The van der Waals surface area contributed by atoms with E-state index in [1.165, 1.54) is 43.2 Å². The van der Waals surface area contributed by atoms with Gasteiger partial charge in [0, 0.05) is 0 Å². The van der Waals surface area contributed by atoms with Gasteiger partial charge in [-0.05, 0) is 55.1 Å². The first kappa shape index (κ1) is 14.6. The number of hydrogen-bond donors (Lipinski definition) is 1. The number of aliphatic hydroxyl groups is 1. The summed E-state index contributed by atoms with van der Waals surface area (Å²) in [6, 6.07) is 8.46. The van der Waals surface area contributed by atoms with Crippen molar-refractivity contribution in [2.45, 2.75) is 65.4 Å². The summed E-state index contributed by atoms with van der Waals surface area (Å²) in [5.74, 6) is 0.671. The molecule has 0 spiro atoms. The first-order chi connectivity index (χ1) is 9.03. The highest BCUT2D eigenvalue weighted by atomic mass is 16.3. The van der Waals surface area contributed by atoms with Crippen LogP contribution in [0.3, 0.4) is 0 Å². The molecule has 1 aromatic carbocycles. The van der Waals surface area contributed by atoms with Gasteiger partial charge < -0.3 is 5.11 Å². The van der Waals surface area contributed by atoms with Crippen molar-refractivity contribution in [3.63, 3.8) is 0 Å². The van der Waals surface area contributed by atoms with E-state index < -0.39 is 0 Å². The van der Waals surface area contributed by atoms with Crippen molar-refractivity contribution in [1.29, 1.82) is 0 Å². The van der Waals surface area contributed by atoms with Crippen molar-refractivity contribution in [3.8, 4) is 0 Å². The van der Waals surface area contributed by atoms with E-state index in [0.717, 1.165) is 6.42 Å². The van der Waals surface area contributed by atoms with Crippen molar-refractivity contribution in [1.82, 2.24) is 0 Å². The number of rotatable bonds is 5. The quantitative estimate of drug-likeness (QED) is 0.826. The molecular weight excluding hydrogens is 232 g/mol. The third kappa shape index (κ3) is 3.39. The van der Waals surface area contributed by atoms with Crippen LogP contribution < -0.4 is 0 Å². The van der Waals surface area contributed by atoms with Crippen LogP contribution in [0.2, 0.25) is 0 Å². The molecule has 1 aliphatic carbocycles. The summed E-state index contributed by atoms with van der Waals surface area (Å²) in [6.07, 6.45) is 6.80. The van der Waals surface area contributed by atoms with E-state index in [1.807, 2.05) is 0 Å². The first-order valence-electron chi connectivity index (χ1n) is 7.76. The van der Waals surface area contributed by atoms with E-state index in [0.29, 0.717) is 5.92 Å². The van der Waals surface area contributed by atoms with Gasteiger partial charge in [0.25, 0.3) is 0 Å². The van der Waals surface area contributed by atoms with Crippen LogP contribution in [-0.4, -0.2) is 11.2 Å². The molecule has 0 saturated heterocycles. The Morgan fingerprint density at radius 3 is 2.37 bits per heavy atom. The summed E-state index contributed by atoms with van der Waals surface area (Å²) in [5.41, 5.74) is 2.79. The van der Waals surface area contributed by atoms with Gasteiger partial charge in [-0.25, -0.2) is 0 Å². The monoisotopic (exact) mass is 260 g/mol. The Kier molecular flexibility index (Phi) is 4.67. The predicted molar refractivity (Wildman–Crippen MR) is 81.2 cm³/mol. The lowest BCUT2D eigenvalue weighted by molar-refractivity contribution is 0.0133. The highest BCUT2D eigenvalue weighted by molar-refractivity contribution is 5.26. The summed E-state index contributed by atoms with van der Waals surface area (Å²) < 4.78 is 0. The lowest BCUT2D eigenvalue weighted by atomic mass is 9.72. The average Bonchev–Trinajstić information content (AvgIpc) is 2.81. The van der Waals surface area contributed by atoms with Crippen molar-refractivity contribution >= 4 is 0 Å². The Morgan fingerprint density at radius 1 is 1.16 bits per heavy atom. The second kappa shape index (κ2) is 6.09. The fourth-order valence-electron chi connectivity index (χ4n) is 3.83. The zero-order chi connectivity index (χ0) is 13.9. The molecule has 1 heteroatoms. The molecule has 1 aliphatic rings. The van der Waals surface area contributed by atoms with Gasteiger partial charge in [0.15, 0.2) is 0 Å². The molecule has 0 amide bonds. The van der Waals surface area contributed by atoms with Crippen LogP contribution in [0.4, 0.5) is 0 Å². The predicted octanol–water partition coefficient (Wildman–Crippen LogP) is 4.50. The maximum Gasteiger partial charge on any atom is 0.0636 e. The van der Waals surface area contributed by atoms with Gasteiger partial charge in [-0.2, -0.15) is 0 Å². The number of benzene rings is 1. The Bertz CT molecular complexity index is 402. The molecule has 1 N–H and O–H groups in total. The molecule has 19 heavy (non-hydrogen) atoms. The van der Waals surface area contributed by atoms with Crippen LogP contribution >= 0.6 is 0 Å². The van der Waals surface area contributed by atoms with E-state index in [4.69, 9.17) is 0 Å². The summed E-state index contributed by atoms with van der Waals surface area (Å²) >= 11 is 0. The third-order valence-corrected chi connectivity index (χ3v) is 4.80. The van der Waals surface area contributed by atoms with Crippen molar-refractivity contribution in [2.75, 3.05) is 0 Å². The van der Waals surface area contributed by atoms with Crippen LogP contribution in [0.25, 0.3) is 0 Å². The van der Waals surface area contributed by atoms with Gasteiger partial charge in [-0.15, -0.1) is 0 Å². The van der Waals surface area contributed by atoms with Crippen LogP contribution in [0, 0.1) is 18.3 Å². The Hall–Kier alpha value is -0.820. The molecule has 1 saturated carbocycles. The van der Waals surface area contributed by atoms with Crippen molar-refractivity contribution in [3.05, 3.63) is 35.4 Å². The zero-order valence-corrected chi connectivity index (χ0v) is 12.7. The molecule has 1 aromatic rings. The lowest BCUT2D eigenvalue weighted by Crippen LogP contribution is -2.35. The Morgan fingerprint density at radius 2 is 1.79 bits per heavy atom. The Balaban J connectivity index is 2.12. The van der Waals surface area contributed by atoms with Gasteiger partial charge >= 0.3 is 0 Å². The molecule has 0 heterocycles. The van der Waals surface area contributed by atoms with Crippen molar-refractivity contribution in [2.24, 2.45) is 11.3 Å². The topological polar surface area (TPSA) is 20.2 Å². The van der Waals surface area contributed by atoms with E-state index in [9.17, 15) is 5.11 Å². The molecular formula is C18H28O. The SMILES string of the molecule is Cc1ccccc1CC(O)C1(CC(C)C)CCCC1. The lowest BCUT2D eigenvalue weighted by Gasteiger charge is -2.36. The second-order valence-corrected chi connectivity index (χ2v) is 6.81. The summed E-state index contributed by atoms with van der Waals surface area (Å²) in [7, 11) is 0. The van der Waals surface area contributed by atoms with Crippen LogP contribution in [0.1, 0.15) is 57.1 Å². The van der Waals surface area contributed by atoms with Crippen LogP contribution in [-0.2, 0) is 6.42 Å². The fraction of sp³-hybridized carbons (Fsp3) is 0.667. The van der Waals surface area contributed by atoms with E-state index in [2.05, 4.69) is 45.0 Å². The average molecular weight is 260 g/mol. The summed E-state index contributed by atoms with van der Waals surface area (Å²) in [5, 5.41) is 10.8. The van der Waals surface area contributed by atoms with Crippen molar-refractivity contribution < 1.29 is 5.11 Å². The van der Waals surface area contributed by atoms with E-state index in [1.54, 1.807) is 0 Å². The summed E-state index contributed by atoms with van der Waals surface area (Å²) in [4.78, 5) is 0. The van der Waals surface area contributed by atoms with Gasteiger partial charge in [0.2, 0.25) is 0 Å². The Labute approximate surface area is 118 Å². The molecule has 1 atom stereocenters. The van der Waals surface area contributed by atoms with Gasteiger partial charge in [0.1, 0.15) is 0 Å². The van der Waals surface area contributed by atoms with E-state index in [-0.39, 0.29) is 11.5 Å². The second-order valence-electron chi connectivity index (χ2n) is 6.81. The molecule has 0 aromatic heterocycles. The molecule has 1 unspecified atom stereocenters. The van der Waals surface area contributed by atoms with Gasteiger partial charge in [-0.1, -0.05) is 51.0 Å². The highest BCUT2D eigenvalue weighted by Crippen LogP contribution is 2.46. The molecule has 0 radical (unpaired) electrons. The minimum absolute atomic E-state index is 0.177. The number of aliphatic hydroxyl groups excluding tert-OH is 1. The molecule has 1 fully saturated rings. The molecule has 0 aliphatic heterocycles. The van der Waals surface area contributed by atoms with Crippen LogP contribution in [0.5, 0.6) is 0 Å². The maximum absolute atomic E-state index is 10.8. The molecule has 1 nitrogen and oxygen atoms in total. The first-order valence-corrected chi connectivity index (χ1v) is 7.76. The molecule has 2 rings (SSSR count).